The second-order valence-electron chi connectivity index (χ2n) is 5.06. The molecule has 0 saturated heterocycles. The van der Waals surface area contributed by atoms with Gasteiger partial charge >= 0.3 is 0 Å². The highest BCUT2D eigenvalue weighted by molar-refractivity contribution is 6.44. The lowest BCUT2D eigenvalue weighted by atomic mass is 10.3. The second-order valence-corrected chi connectivity index (χ2v) is 5.84. The highest BCUT2D eigenvalue weighted by atomic mass is 35.5. The molecule has 0 fully saturated rings. The van der Waals surface area contributed by atoms with Gasteiger partial charge in [0.25, 0.3) is 5.91 Å². The van der Waals surface area contributed by atoms with Crippen LogP contribution in [-0.2, 0) is 6.54 Å². The molecule has 0 saturated carbocycles. The third kappa shape index (κ3) is 4.43. The average molecular weight is 374 g/mol. The molecule has 2 N–H and O–H groups in total. The van der Waals surface area contributed by atoms with E-state index in [4.69, 9.17) is 23.2 Å². The first-order valence-electron chi connectivity index (χ1n) is 7.33. The lowest BCUT2D eigenvalue weighted by molar-refractivity contribution is 0.102. The van der Waals surface area contributed by atoms with Crippen LogP contribution in [0.3, 0.4) is 0 Å². The first-order chi connectivity index (χ1) is 12.1. The Morgan fingerprint density at radius 1 is 1.04 bits per heavy atom. The number of aromatic nitrogens is 3. The van der Waals surface area contributed by atoms with Crippen LogP contribution >= 0.6 is 23.2 Å². The van der Waals surface area contributed by atoms with Gasteiger partial charge in [0.2, 0.25) is 0 Å². The van der Waals surface area contributed by atoms with E-state index in [0.717, 1.165) is 5.56 Å². The number of benzene rings is 1. The third-order valence-electron chi connectivity index (χ3n) is 3.28. The van der Waals surface area contributed by atoms with Gasteiger partial charge in [-0.1, -0.05) is 35.3 Å². The molecule has 2 heterocycles. The summed E-state index contributed by atoms with van der Waals surface area (Å²) in [5, 5.41) is 6.41. The van der Waals surface area contributed by atoms with E-state index in [1.54, 1.807) is 30.6 Å². The summed E-state index contributed by atoms with van der Waals surface area (Å²) >= 11 is 12.0. The van der Waals surface area contributed by atoms with Gasteiger partial charge in [-0.25, -0.2) is 9.97 Å². The molecule has 1 aromatic carbocycles. The van der Waals surface area contributed by atoms with Crippen LogP contribution in [0.5, 0.6) is 0 Å². The van der Waals surface area contributed by atoms with Gasteiger partial charge in [0.1, 0.15) is 11.5 Å². The van der Waals surface area contributed by atoms with Crippen LogP contribution < -0.4 is 10.6 Å². The summed E-state index contributed by atoms with van der Waals surface area (Å²) in [6.07, 6.45) is 6.35. The van der Waals surface area contributed by atoms with Gasteiger partial charge in [0.15, 0.2) is 0 Å². The lowest BCUT2D eigenvalue weighted by Crippen LogP contribution is -2.15. The van der Waals surface area contributed by atoms with Crippen LogP contribution in [0.15, 0.2) is 55.1 Å². The zero-order valence-corrected chi connectivity index (χ0v) is 14.4. The van der Waals surface area contributed by atoms with E-state index in [0.29, 0.717) is 23.1 Å². The fraction of sp³-hybridized carbons (Fsp3) is 0.0588. The third-order valence-corrected chi connectivity index (χ3v) is 4.10. The number of rotatable bonds is 5. The smallest absolute Gasteiger partial charge is 0.275 e. The van der Waals surface area contributed by atoms with E-state index >= 15 is 0 Å². The number of carbonyl (C=O) groups is 1. The van der Waals surface area contributed by atoms with Crippen molar-refractivity contribution in [3.05, 3.63) is 76.4 Å². The molecule has 0 spiro atoms. The molecule has 3 aromatic rings. The van der Waals surface area contributed by atoms with Gasteiger partial charge < -0.3 is 10.6 Å². The Hall–Kier alpha value is -2.70. The predicted molar refractivity (Wildman–Crippen MR) is 98.0 cm³/mol. The van der Waals surface area contributed by atoms with Crippen LogP contribution in [0.1, 0.15) is 16.1 Å². The van der Waals surface area contributed by atoms with Crippen LogP contribution in [0.4, 0.5) is 11.5 Å². The molecule has 6 nitrogen and oxygen atoms in total. The highest BCUT2D eigenvalue weighted by Crippen LogP contribution is 2.29. The molecule has 0 radical (unpaired) electrons. The minimum Gasteiger partial charge on any atom is -0.365 e. The summed E-state index contributed by atoms with van der Waals surface area (Å²) in [7, 11) is 0. The maximum atomic E-state index is 12.2. The SMILES string of the molecule is O=C(Nc1cccc(Cl)c1Cl)c1cnc(NCc2cccnc2)cn1. The van der Waals surface area contributed by atoms with Crippen molar-refractivity contribution in [1.82, 2.24) is 15.0 Å². The van der Waals surface area contributed by atoms with Crippen molar-refractivity contribution < 1.29 is 4.79 Å². The van der Waals surface area contributed by atoms with Gasteiger partial charge in [-0.2, -0.15) is 0 Å². The first-order valence-corrected chi connectivity index (χ1v) is 8.09. The minimum absolute atomic E-state index is 0.169. The summed E-state index contributed by atoms with van der Waals surface area (Å²) in [6, 6.07) is 8.80. The Morgan fingerprint density at radius 2 is 1.92 bits per heavy atom. The Balaban J connectivity index is 1.63. The van der Waals surface area contributed by atoms with Crippen molar-refractivity contribution in [1.29, 1.82) is 0 Å². The van der Waals surface area contributed by atoms with Gasteiger partial charge in [0, 0.05) is 18.9 Å². The number of nitrogens with one attached hydrogen (secondary N) is 2. The van der Waals surface area contributed by atoms with Crippen molar-refractivity contribution in [2.45, 2.75) is 6.54 Å². The Kier molecular flexibility index (Phi) is 5.42. The Labute approximate surface area is 154 Å². The average Bonchev–Trinajstić information content (AvgIpc) is 2.65. The molecule has 0 aliphatic heterocycles. The maximum Gasteiger partial charge on any atom is 0.275 e. The molecule has 0 bridgehead atoms. The van der Waals surface area contributed by atoms with E-state index in [9.17, 15) is 4.79 Å². The maximum absolute atomic E-state index is 12.2. The van der Waals surface area contributed by atoms with E-state index in [1.807, 2.05) is 12.1 Å². The molecule has 126 valence electrons. The van der Waals surface area contributed by atoms with Crippen LogP contribution in [0, 0.1) is 0 Å². The van der Waals surface area contributed by atoms with Crippen LogP contribution in [0.2, 0.25) is 10.0 Å². The summed E-state index contributed by atoms with van der Waals surface area (Å²) in [5.41, 5.74) is 1.60. The fourth-order valence-electron chi connectivity index (χ4n) is 2.02. The van der Waals surface area contributed by atoms with E-state index in [2.05, 4.69) is 25.6 Å². The molecule has 3 rings (SSSR count). The Bertz CT molecular complexity index is 872. The largest absolute Gasteiger partial charge is 0.365 e. The molecule has 8 heteroatoms. The van der Waals surface area contributed by atoms with Crippen molar-refractivity contribution in [3.8, 4) is 0 Å². The topological polar surface area (TPSA) is 79.8 Å². The summed E-state index contributed by atoms with van der Waals surface area (Å²) < 4.78 is 0. The normalized spacial score (nSPS) is 10.3. The van der Waals surface area contributed by atoms with Gasteiger partial charge in [-0.3, -0.25) is 9.78 Å². The molecule has 0 aliphatic rings. The van der Waals surface area contributed by atoms with Crippen molar-refractivity contribution in [3.63, 3.8) is 0 Å². The van der Waals surface area contributed by atoms with Gasteiger partial charge in [-0.05, 0) is 23.8 Å². The fourth-order valence-corrected chi connectivity index (χ4v) is 2.37. The van der Waals surface area contributed by atoms with Crippen LogP contribution in [0.25, 0.3) is 0 Å². The zero-order chi connectivity index (χ0) is 17.6. The monoisotopic (exact) mass is 373 g/mol. The molecule has 25 heavy (non-hydrogen) atoms. The molecule has 0 atom stereocenters. The number of anilines is 2. The summed E-state index contributed by atoms with van der Waals surface area (Å²) in [4.78, 5) is 24.6. The molecule has 1 amide bonds. The number of hydrogen-bond donors (Lipinski definition) is 2. The predicted octanol–water partition coefficient (Wildman–Crippen LogP) is 4.04. The molecule has 0 unspecified atom stereocenters. The molecule has 2 aromatic heterocycles. The number of nitrogens with zero attached hydrogens (tertiary/aromatic N) is 3. The molecular formula is C17H13Cl2N5O. The highest BCUT2D eigenvalue weighted by Gasteiger charge is 2.12. The number of carbonyl (C=O) groups excluding carboxylic acids is 1. The summed E-state index contributed by atoms with van der Waals surface area (Å²) in [5.74, 6) is 0.136. The number of amides is 1. The number of halogens is 2. The van der Waals surface area contributed by atoms with E-state index in [-0.39, 0.29) is 10.7 Å². The quantitative estimate of drug-likeness (QED) is 0.705. The molecule has 0 aliphatic carbocycles. The molecular weight excluding hydrogens is 361 g/mol. The van der Waals surface area contributed by atoms with Gasteiger partial charge in [-0.15, -0.1) is 0 Å². The summed E-state index contributed by atoms with van der Waals surface area (Å²) in [6.45, 7) is 0.562. The number of hydrogen-bond acceptors (Lipinski definition) is 5. The first kappa shape index (κ1) is 17.1. The Morgan fingerprint density at radius 3 is 2.64 bits per heavy atom. The lowest BCUT2D eigenvalue weighted by Gasteiger charge is -2.08. The van der Waals surface area contributed by atoms with Gasteiger partial charge in [0.05, 0.1) is 28.1 Å². The standard InChI is InChI=1S/C17H13Cl2N5O/c18-12-4-1-5-13(16(12)19)24-17(25)14-9-23-15(10-21-14)22-8-11-3-2-6-20-7-11/h1-7,9-10H,8H2,(H,22,23)(H,24,25). The zero-order valence-electron chi connectivity index (χ0n) is 12.9. The van der Waals surface area contributed by atoms with Crippen molar-refractivity contribution >= 4 is 40.6 Å². The van der Waals surface area contributed by atoms with E-state index < -0.39 is 5.91 Å². The second kappa shape index (κ2) is 7.92. The minimum atomic E-state index is -0.421. The van der Waals surface area contributed by atoms with Crippen LogP contribution in [-0.4, -0.2) is 20.9 Å². The number of pyridine rings is 1. The van der Waals surface area contributed by atoms with Crippen molar-refractivity contribution in [2.75, 3.05) is 10.6 Å². The van der Waals surface area contributed by atoms with E-state index in [1.165, 1.54) is 12.4 Å². The van der Waals surface area contributed by atoms with Crippen molar-refractivity contribution in [2.24, 2.45) is 0 Å².